The number of hydrogen-bond acceptors (Lipinski definition) is 4. The van der Waals surface area contributed by atoms with Crippen molar-refractivity contribution in [3.05, 3.63) is 57.9 Å². The maximum atomic E-state index is 13.3. The Balaban J connectivity index is 1.53. The fourth-order valence-corrected chi connectivity index (χ4v) is 3.07. The van der Waals surface area contributed by atoms with Gasteiger partial charge in [-0.25, -0.2) is 18.3 Å². The molecular weight excluding hydrogens is 344 g/mol. The highest BCUT2D eigenvalue weighted by Crippen LogP contribution is 2.23. The molecule has 1 fully saturated rings. The molecule has 6 nitrogen and oxygen atoms in total. The molecule has 1 aromatic carbocycles. The number of aromatic nitrogens is 2. The molecule has 0 unspecified atom stereocenters. The lowest BCUT2D eigenvalue weighted by atomic mass is 9.90. The zero-order chi connectivity index (χ0) is 18.7. The van der Waals surface area contributed by atoms with E-state index in [-0.39, 0.29) is 17.4 Å². The second-order valence-electron chi connectivity index (χ2n) is 6.41. The van der Waals surface area contributed by atoms with Crippen molar-refractivity contribution in [3.8, 4) is 5.88 Å². The Bertz CT molecular complexity index is 841. The Hall–Kier alpha value is -2.77. The monoisotopic (exact) mass is 363 g/mol. The van der Waals surface area contributed by atoms with Crippen molar-refractivity contribution >= 4 is 6.09 Å². The number of carbonyl (C=O) groups is 1. The predicted molar refractivity (Wildman–Crippen MR) is 89.9 cm³/mol. The van der Waals surface area contributed by atoms with E-state index in [9.17, 15) is 18.4 Å². The Labute approximate surface area is 149 Å². The fourth-order valence-electron chi connectivity index (χ4n) is 3.07. The van der Waals surface area contributed by atoms with E-state index in [1.165, 1.54) is 31.3 Å². The second-order valence-corrected chi connectivity index (χ2v) is 6.41. The number of carbonyl (C=O) groups excluding carboxylic acids is 1. The van der Waals surface area contributed by atoms with Crippen LogP contribution in [0, 0.1) is 17.6 Å². The van der Waals surface area contributed by atoms with Crippen LogP contribution in [-0.2, 0) is 13.5 Å². The minimum Gasteiger partial charge on any atom is -0.390 e. The Morgan fingerprint density at radius 3 is 2.46 bits per heavy atom. The first-order chi connectivity index (χ1) is 12.4. The van der Waals surface area contributed by atoms with Crippen LogP contribution in [0.15, 0.2) is 35.1 Å². The molecule has 0 atom stereocenters. The van der Waals surface area contributed by atoms with Gasteiger partial charge >= 0.3 is 6.09 Å². The van der Waals surface area contributed by atoms with Gasteiger partial charge in [0.25, 0.3) is 5.56 Å². The van der Waals surface area contributed by atoms with Gasteiger partial charge in [0.1, 0.15) is 11.6 Å². The number of benzene rings is 1. The quantitative estimate of drug-likeness (QED) is 0.841. The van der Waals surface area contributed by atoms with Gasteiger partial charge in [0.05, 0.1) is 0 Å². The molecule has 26 heavy (non-hydrogen) atoms. The van der Waals surface area contributed by atoms with E-state index in [4.69, 9.17) is 4.74 Å². The second kappa shape index (κ2) is 7.63. The SMILES string of the molecule is Cn1nc(OC(=O)N2CCC(Cc3cc(F)cc(F)c3)CC2)ccc1=O. The van der Waals surface area contributed by atoms with Crippen LogP contribution >= 0.6 is 0 Å². The number of rotatable bonds is 3. The molecule has 0 bridgehead atoms. The van der Waals surface area contributed by atoms with Gasteiger partial charge < -0.3 is 9.64 Å². The largest absolute Gasteiger partial charge is 0.416 e. The summed E-state index contributed by atoms with van der Waals surface area (Å²) in [5.41, 5.74) is 0.331. The number of ether oxygens (including phenoxy) is 1. The summed E-state index contributed by atoms with van der Waals surface area (Å²) in [7, 11) is 1.47. The number of nitrogens with zero attached hydrogens (tertiary/aromatic N) is 3. The van der Waals surface area contributed by atoms with Gasteiger partial charge in [0, 0.05) is 38.3 Å². The fraction of sp³-hybridized carbons (Fsp3) is 0.389. The first kappa shape index (κ1) is 18.0. The zero-order valence-electron chi connectivity index (χ0n) is 14.3. The van der Waals surface area contributed by atoms with Crippen LogP contribution in [0.5, 0.6) is 5.88 Å². The third-order valence-electron chi connectivity index (χ3n) is 4.45. The smallest absolute Gasteiger partial charge is 0.390 e. The molecule has 0 aliphatic carbocycles. The van der Waals surface area contributed by atoms with E-state index in [1.807, 2.05) is 0 Å². The van der Waals surface area contributed by atoms with Gasteiger partial charge in [0.15, 0.2) is 0 Å². The Morgan fingerprint density at radius 2 is 1.85 bits per heavy atom. The third-order valence-corrected chi connectivity index (χ3v) is 4.45. The van der Waals surface area contributed by atoms with Gasteiger partial charge in [-0.3, -0.25) is 4.79 Å². The van der Waals surface area contributed by atoms with Gasteiger partial charge in [0.2, 0.25) is 5.88 Å². The molecule has 0 spiro atoms. The van der Waals surface area contributed by atoms with Crippen molar-refractivity contribution < 1.29 is 18.3 Å². The molecule has 2 heterocycles. The van der Waals surface area contributed by atoms with Crippen LogP contribution in [0.3, 0.4) is 0 Å². The van der Waals surface area contributed by atoms with Crippen molar-refractivity contribution in [2.75, 3.05) is 13.1 Å². The van der Waals surface area contributed by atoms with Crippen LogP contribution in [0.2, 0.25) is 0 Å². The molecule has 3 rings (SSSR count). The minimum atomic E-state index is -0.578. The molecule has 1 saturated heterocycles. The lowest BCUT2D eigenvalue weighted by Gasteiger charge is -2.31. The molecule has 1 aliphatic heterocycles. The molecule has 1 aliphatic rings. The standard InChI is InChI=1S/C18H19F2N3O3/c1-22-17(24)3-2-16(21-22)26-18(25)23-6-4-12(5-7-23)8-13-9-14(19)11-15(20)10-13/h2-3,9-12H,4-8H2,1H3. The summed E-state index contributed by atoms with van der Waals surface area (Å²) >= 11 is 0. The summed E-state index contributed by atoms with van der Waals surface area (Å²) in [6.45, 7) is 0.986. The molecule has 0 saturated carbocycles. The average Bonchev–Trinajstić information content (AvgIpc) is 2.58. The van der Waals surface area contributed by atoms with Crippen molar-refractivity contribution in [3.63, 3.8) is 0 Å². The highest BCUT2D eigenvalue weighted by atomic mass is 19.1. The van der Waals surface area contributed by atoms with E-state index in [2.05, 4.69) is 5.10 Å². The van der Waals surface area contributed by atoms with E-state index >= 15 is 0 Å². The topological polar surface area (TPSA) is 64.4 Å². The van der Waals surface area contributed by atoms with Gasteiger partial charge in [-0.05, 0) is 42.9 Å². The lowest BCUT2D eigenvalue weighted by Crippen LogP contribution is -2.40. The summed E-state index contributed by atoms with van der Waals surface area (Å²) in [6, 6.07) is 6.17. The first-order valence-electron chi connectivity index (χ1n) is 8.37. The summed E-state index contributed by atoms with van der Waals surface area (Å²) in [5.74, 6) is -0.845. The first-order valence-corrected chi connectivity index (χ1v) is 8.37. The lowest BCUT2D eigenvalue weighted by molar-refractivity contribution is 0.128. The van der Waals surface area contributed by atoms with Gasteiger partial charge in [-0.15, -0.1) is 5.10 Å². The Kier molecular flexibility index (Phi) is 5.29. The molecule has 2 aromatic rings. The van der Waals surface area contributed by atoms with Gasteiger partial charge in [-0.2, -0.15) is 0 Å². The van der Waals surface area contributed by atoms with Crippen LogP contribution in [0.1, 0.15) is 18.4 Å². The maximum Gasteiger partial charge on any atom is 0.416 e. The molecule has 0 radical (unpaired) electrons. The number of aryl methyl sites for hydroxylation is 1. The van der Waals surface area contributed by atoms with E-state index in [0.717, 1.165) is 10.7 Å². The van der Waals surface area contributed by atoms with Crippen LogP contribution in [0.4, 0.5) is 13.6 Å². The summed E-state index contributed by atoms with van der Waals surface area (Å²) in [5, 5.41) is 3.86. The van der Waals surface area contributed by atoms with Crippen molar-refractivity contribution in [2.45, 2.75) is 19.3 Å². The molecule has 138 valence electrons. The third kappa shape index (κ3) is 4.44. The van der Waals surface area contributed by atoms with Crippen molar-refractivity contribution in [2.24, 2.45) is 13.0 Å². The predicted octanol–water partition coefficient (Wildman–Crippen LogP) is 2.51. The molecular formula is C18H19F2N3O3. The summed E-state index contributed by atoms with van der Waals surface area (Å²) < 4.78 is 32.8. The van der Waals surface area contributed by atoms with Crippen molar-refractivity contribution in [1.29, 1.82) is 0 Å². The van der Waals surface area contributed by atoms with Crippen molar-refractivity contribution in [1.82, 2.24) is 14.7 Å². The van der Waals surface area contributed by atoms with Crippen LogP contribution in [0.25, 0.3) is 0 Å². The maximum absolute atomic E-state index is 13.3. The number of likely N-dealkylation sites (tertiary alicyclic amines) is 1. The minimum absolute atomic E-state index is 0.0643. The average molecular weight is 363 g/mol. The van der Waals surface area contributed by atoms with E-state index in [1.54, 1.807) is 4.90 Å². The molecule has 8 heteroatoms. The number of halogens is 2. The Morgan fingerprint density at radius 1 is 1.19 bits per heavy atom. The molecule has 1 amide bonds. The molecule has 1 aromatic heterocycles. The summed E-state index contributed by atoms with van der Waals surface area (Å²) in [4.78, 5) is 25.0. The number of piperidine rings is 1. The number of amides is 1. The van der Waals surface area contributed by atoms with E-state index < -0.39 is 17.7 Å². The normalized spacial score (nSPS) is 15.1. The number of hydrogen-bond donors (Lipinski definition) is 0. The summed E-state index contributed by atoms with van der Waals surface area (Å²) in [6.07, 6.45) is 1.48. The van der Waals surface area contributed by atoms with Crippen LogP contribution < -0.4 is 10.3 Å². The van der Waals surface area contributed by atoms with E-state index in [0.29, 0.717) is 37.9 Å². The highest BCUT2D eigenvalue weighted by molar-refractivity contribution is 5.70. The van der Waals surface area contributed by atoms with Crippen LogP contribution in [-0.4, -0.2) is 33.9 Å². The van der Waals surface area contributed by atoms with Gasteiger partial charge in [-0.1, -0.05) is 0 Å². The highest BCUT2D eigenvalue weighted by Gasteiger charge is 2.25. The zero-order valence-corrected chi connectivity index (χ0v) is 14.3. The molecule has 0 N–H and O–H groups in total.